The van der Waals surface area contributed by atoms with Gasteiger partial charge in [-0.05, 0) is 22.0 Å². The third-order valence-corrected chi connectivity index (χ3v) is 4.21. The fourth-order valence-corrected chi connectivity index (χ4v) is 2.81. The molecule has 0 unspecified atom stereocenters. The maximum absolute atomic E-state index is 11.7. The fraction of sp³-hybridized carbons (Fsp3) is 0.600. The lowest BCUT2D eigenvalue weighted by atomic mass is 10.2. The summed E-state index contributed by atoms with van der Waals surface area (Å²) in [6.45, 7) is 5.78. The van der Waals surface area contributed by atoms with Gasteiger partial charge in [0.1, 0.15) is 5.82 Å². The van der Waals surface area contributed by atoms with Crippen LogP contribution in [-0.4, -0.2) is 73.8 Å². The van der Waals surface area contributed by atoms with E-state index in [4.69, 9.17) is 15.2 Å². The Kier molecular flexibility index (Phi) is 7.22. The smallest absolute Gasteiger partial charge is 0.319 e. The summed E-state index contributed by atoms with van der Waals surface area (Å²) < 4.78 is 11.0. The van der Waals surface area contributed by atoms with E-state index in [1.165, 1.54) is 7.11 Å². The van der Waals surface area contributed by atoms with Gasteiger partial charge in [-0.1, -0.05) is 0 Å². The van der Waals surface area contributed by atoms with Gasteiger partial charge in [-0.25, -0.2) is 4.98 Å². The molecule has 0 bridgehead atoms. The highest BCUT2D eigenvalue weighted by Crippen LogP contribution is 2.17. The molecule has 1 fully saturated rings. The van der Waals surface area contributed by atoms with Gasteiger partial charge in [0.15, 0.2) is 0 Å². The number of nitrogens with zero attached hydrogens (tertiary/aromatic N) is 3. The van der Waals surface area contributed by atoms with E-state index in [0.717, 1.165) is 49.4 Å². The molecule has 0 saturated carbocycles. The Morgan fingerprint density at radius 2 is 2.26 bits per heavy atom. The average molecular weight is 387 g/mol. The number of ether oxygens (including phenoxy) is 2. The minimum atomic E-state index is -0.256. The topological polar surface area (TPSA) is 80.9 Å². The van der Waals surface area contributed by atoms with Crippen LogP contribution in [0.4, 0.5) is 5.82 Å². The molecule has 8 heteroatoms. The first-order valence-electron chi connectivity index (χ1n) is 7.57. The van der Waals surface area contributed by atoms with Crippen molar-refractivity contribution in [3.05, 3.63) is 22.3 Å². The zero-order valence-electron chi connectivity index (χ0n) is 13.3. The first-order valence-corrected chi connectivity index (χ1v) is 8.37. The molecule has 2 N–H and O–H groups in total. The Morgan fingerprint density at radius 3 is 2.96 bits per heavy atom. The molecule has 128 valence electrons. The molecule has 1 aliphatic rings. The molecule has 7 nitrogen and oxygen atoms in total. The summed E-state index contributed by atoms with van der Waals surface area (Å²) in [5.41, 5.74) is 6.83. The molecule has 0 amide bonds. The number of hydrogen-bond donors (Lipinski definition) is 1. The van der Waals surface area contributed by atoms with Crippen LogP contribution in [0.3, 0.4) is 0 Å². The SMILES string of the molecule is COC(=O)CN(CCN1CCOCC1)Cc1cc(Br)cnc1N. The lowest BCUT2D eigenvalue weighted by molar-refractivity contribution is -0.142. The highest BCUT2D eigenvalue weighted by Gasteiger charge is 2.16. The van der Waals surface area contributed by atoms with Crippen molar-refractivity contribution in [2.45, 2.75) is 6.54 Å². The molecular formula is C15H23BrN4O3. The van der Waals surface area contributed by atoms with Crippen LogP contribution in [0.5, 0.6) is 0 Å². The van der Waals surface area contributed by atoms with Crippen molar-refractivity contribution in [2.24, 2.45) is 0 Å². The average Bonchev–Trinajstić information content (AvgIpc) is 2.56. The summed E-state index contributed by atoms with van der Waals surface area (Å²) in [4.78, 5) is 20.2. The van der Waals surface area contributed by atoms with Crippen LogP contribution in [0.25, 0.3) is 0 Å². The van der Waals surface area contributed by atoms with Crippen molar-refractivity contribution in [1.29, 1.82) is 0 Å². The molecule has 1 aromatic heterocycles. The highest BCUT2D eigenvalue weighted by atomic mass is 79.9. The normalized spacial score (nSPS) is 15.8. The van der Waals surface area contributed by atoms with Crippen LogP contribution in [0.2, 0.25) is 0 Å². The van der Waals surface area contributed by atoms with Gasteiger partial charge in [0.2, 0.25) is 0 Å². The largest absolute Gasteiger partial charge is 0.468 e. The molecular weight excluding hydrogens is 364 g/mol. The Bertz CT molecular complexity index is 523. The number of methoxy groups -OCH3 is 1. The molecule has 1 aromatic rings. The standard InChI is InChI=1S/C15H23BrN4O3/c1-22-14(21)11-20(3-2-19-4-6-23-7-5-19)10-12-8-13(16)9-18-15(12)17/h8-9H,2-7,10-11H2,1H3,(H2,17,18). The molecule has 23 heavy (non-hydrogen) atoms. The molecule has 0 aromatic carbocycles. The van der Waals surface area contributed by atoms with E-state index in [1.54, 1.807) is 6.20 Å². The second kappa shape index (κ2) is 9.17. The van der Waals surface area contributed by atoms with Crippen LogP contribution >= 0.6 is 15.9 Å². The number of morpholine rings is 1. The van der Waals surface area contributed by atoms with E-state index in [2.05, 4.69) is 25.8 Å². The summed E-state index contributed by atoms with van der Waals surface area (Å²) in [5, 5.41) is 0. The van der Waals surface area contributed by atoms with E-state index >= 15 is 0 Å². The summed E-state index contributed by atoms with van der Waals surface area (Å²) in [6.07, 6.45) is 1.66. The van der Waals surface area contributed by atoms with Crippen LogP contribution in [0.1, 0.15) is 5.56 Å². The van der Waals surface area contributed by atoms with Crippen LogP contribution in [-0.2, 0) is 20.8 Å². The molecule has 1 aliphatic heterocycles. The number of nitrogens with two attached hydrogens (primary N) is 1. The van der Waals surface area contributed by atoms with E-state index in [0.29, 0.717) is 12.4 Å². The first-order chi connectivity index (χ1) is 11.1. The van der Waals surface area contributed by atoms with Crippen molar-refractivity contribution in [1.82, 2.24) is 14.8 Å². The van der Waals surface area contributed by atoms with Gasteiger partial charge in [0.05, 0.1) is 26.9 Å². The van der Waals surface area contributed by atoms with Crippen LogP contribution in [0, 0.1) is 0 Å². The molecule has 0 radical (unpaired) electrons. The number of nitrogen functional groups attached to an aromatic ring is 1. The third kappa shape index (κ3) is 6.06. The summed E-state index contributed by atoms with van der Waals surface area (Å²) in [6, 6.07) is 1.93. The Labute approximate surface area is 144 Å². The van der Waals surface area contributed by atoms with Gasteiger partial charge in [0, 0.05) is 49.0 Å². The zero-order valence-corrected chi connectivity index (χ0v) is 14.9. The van der Waals surface area contributed by atoms with Crippen molar-refractivity contribution in [3.63, 3.8) is 0 Å². The van der Waals surface area contributed by atoms with Gasteiger partial charge < -0.3 is 15.2 Å². The third-order valence-electron chi connectivity index (χ3n) is 3.78. The Morgan fingerprint density at radius 1 is 1.52 bits per heavy atom. The van der Waals surface area contributed by atoms with E-state index < -0.39 is 0 Å². The monoisotopic (exact) mass is 386 g/mol. The number of pyridine rings is 1. The predicted molar refractivity (Wildman–Crippen MR) is 90.9 cm³/mol. The lowest BCUT2D eigenvalue weighted by Gasteiger charge is -2.29. The first kappa shape index (κ1) is 18.1. The minimum Gasteiger partial charge on any atom is -0.468 e. The number of rotatable bonds is 7. The number of carbonyl (C=O) groups is 1. The maximum Gasteiger partial charge on any atom is 0.319 e. The van der Waals surface area contributed by atoms with E-state index in [9.17, 15) is 4.79 Å². The summed E-state index contributed by atoms with van der Waals surface area (Å²) in [5.74, 6) is 0.225. The summed E-state index contributed by atoms with van der Waals surface area (Å²) in [7, 11) is 1.40. The molecule has 0 aliphatic carbocycles. The summed E-state index contributed by atoms with van der Waals surface area (Å²) >= 11 is 3.40. The van der Waals surface area contributed by atoms with Gasteiger partial charge in [-0.2, -0.15) is 0 Å². The number of anilines is 1. The molecule has 0 spiro atoms. The fourth-order valence-electron chi connectivity index (χ4n) is 2.43. The van der Waals surface area contributed by atoms with Crippen molar-refractivity contribution < 1.29 is 14.3 Å². The molecule has 2 heterocycles. The quantitative estimate of drug-likeness (QED) is 0.691. The molecule has 1 saturated heterocycles. The second-order valence-electron chi connectivity index (χ2n) is 5.44. The van der Waals surface area contributed by atoms with Crippen LogP contribution in [0.15, 0.2) is 16.7 Å². The van der Waals surface area contributed by atoms with Crippen molar-refractivity contribution >= 4 is 27.7 Å². The van der Waals surface area contributed by atoms with Gasteiger partial charge in [-0.3, -0.25) is 14.6 Å². The number of hydrogen-bond acceptors (Lipinski definition) is 7. The van der Waals surface area contributed by atoms with E-state index in [1.807, 2.05) is 11.0 Å². The van der Waals surface area contributed by atoms with E-state index in [-0.39, 0.29) is 12.5 Å². The van der Waals surface area contributed by atoms with Gasteiger partial charge in [-0.15, -0.1) is 0 Å². The maximum atomic E-state index is 11.7. The number of esters is 1. The Balaban J connectivity index is 1.97. The zero-order chi connectivity index (χ0) is 16.7. The van der Waals surface area contributed by atoms with Crippen molar-refractivity contribution in [3.8, 4) is 0 Å². The Hall–Kier alpha value is -1.22. The van der Waals surface area contributed by atoms with Crippen LogP contribution < -0.4 is 5.73 Å². The number of carbonyl (C=O) groups excluding carboxylic acids is 1. The minimum absolute atomic E-state index is 0.229. The highest BCUT2D eigenvalue weighted by molar-refractivity contribution is 9.10. The second-order valence-corrected chi connectivity index (χ2v) is 6.35. The predicted octanol–water partition coefficient (Wildman–Crippen LogP) is 0.734. The molecule has 0 atom stereocenters. The van der Waals surface area contributed by atoms with Gasteiger partial charge >= 0.3 is 5.97 Å². The molecule has 2 rings (SSSR count). The number of halogens is 1. The number of aromatic nitrogens is 1. The van der Waals surface area contributed by atoms with Gasteiger partial charge in [0.25, 0.3) is 0 Å². The van der Waals surface area contributed by atoms with Crippen molar-refractivity contribution in [2.75, 3.05) is 58.8 Å². The lowest BCUT2D eigenvalue weighted by Crippen LogP contribution is -2.42.